The Morgan fingerprint density at radius 2 is 1.78 bits per heavy atom. The number of allylic oxidation sites excluding steroid dienone is 2. The van der Waals surface area contributed by atoms with Crippen LogP contribution in [0.1, 0.15) is 50.8 Å². The maximum atomic E-state index is 14.1. The highest BCUT2D eigenvalue weighted by molar-refractivity contribution is 7.98. The van der Waals surface area contributed by atoms with Gasteiger partial charge in [-0.05, 0) is 95.1 Å². The second kappa shape index (κ2) is 9.38. The van der Waals surface area contributed by atoms with E-state index in [1.165, 1.54) is 17.0 Å². The molecule has 0 unspecified atom stereocenters. The Labute approximate surface area is 196 Å². The molecule has 1 aliphatic rings. The van der Waals surface area contributed by atoms with Crippen LogP contribution in [-0.4, -0.2) is 20.5 Å². The molecule has 2 aromatic rings. The van der Waals surface area contributed by atoms with E-state index in [0.717, 1.165) is 33.4 Å². The molecular formula is C26H32FNO2SSi. The molecule has 170 valence electrons. The zero-order valence-electron chi connectivity index (χ0n) is 19.9. The first kappa shape index (κ1) is 24.5. The van der Waals surface area contributed by atoms with Crippen molar-refractivity contribution in [1.82, 2.24) is 5.48 Å². The van der Waals surface area contributed by atoms with Gasteiger partial charge in [-0.1, -0.05) is 39.0 Å². The summed E-state index contributed by atoms with van der Waals surface area (Å²) in [6, 6.07) is 13.1. The average molecular weight is 470 g/mol. The van der Waals surface area contributed by atoms with Crippen molar-refractivity contribution < 1.29 is 13.7 Å². The van der Waals surface area contributed by atoms with E-state index in [4.69, 9.17) is 4.53 Å². The highest BCUT2D eigenvalue weighted by Gasteiger charge is 2.39. The number of thioether (sulfide) groups is 1. The molecule has 32 heavy (non-hydrogen) atoms. The molecule has 0 aromatic heterocycles. The quantitative estimate of drug-likeness (QED) is 0.274. The number of benzene rings is 2. The molecule has 0 radical (unpaired) electrons. The minimum absolute atomic E-state index is 0.0136. The first-order valence-corrected chi connectivity index (χ1v) is 14.9. The van der Waals surface area contributed by atoms with Crippen LogP contribution in [0.3, 0.4) is 0 Å². The fourth-order valence-electron chi connectivity index (χ4n) is 3.38. The second-order valence-electron chi connectivity index (χ2n) is 9.69. The van der Waals surface area contributed by atoms with Crippen molar-refractivity contribution in [2.75, 3.05) is 6.26 Å². The number of halogens is 1. The van der Waals surface area contributed by atoms with E-state index in [0.29, 0.717) is 0 Å². The lowest BCUT2D eigenvalue weighted by Gasteiger charge is -2.35. The third-order valence-electron chi connectivity index (χ3n) is 6.44. The van der Waals surface area contributed by atoms with Gasteiger partial charge in [0.05, 0.1) is 6.42 Å². The van der Waals surface area contributed by atoms with E-state index >= 15 is 0 Å². The molecule has 6 heteroatoms. The second-order valence-corrected chi connectivity index (χ2v) is 15.3. The summed E-state index contributed by atoms with van der Waals surface area (Å²) in [5.41, 5.74) is 8.31. The molecule has 0 aliphatic heterocycles. The highest BCUT2D eigenvalue weighted by atomic mass is 32.2. The number of amides is 1. The molecule has 3 nitrogen and oxygen atoms in total. The fourth-order valence-corrected chi connectivity index (χ4v) is 4.47. The molecule has 0 atom stereocenters. The molecule has 3 rings (SSSR count). The number of carbonyl (C=O) groups excluding carboxylic acids is 1. The number of fused-ring (bicyclic) bond motifs is 1. The predicted molar refractivity (Wildman–Crippen MR) is 136 cm³/mol. The van der Waals surface area contributed by atoms with Gasteiger partial charge in [-0.25, -0.2) is 9.87 Å². The summed E-state index contributed by atoms with van der Waals surface area (Å²) in [5.74, 6) is -0.525. The summed E-state index contributed by atoms with van der Waals surface area (Å²) in [6.45, 7) is 12.5. The lowest BCUT2D eigenvalue weighted by atomic mass is 10.0. The smallest absolute Gasteiger partial charge is 0.246 e. The first-order chi connectivity index (χ1) is 14.9. The first-order valence-electron chi connectivity index (χ1n) is 10.8. The summed E-state index contributed by atoms with van der Waals surface area (Å²) in [5, 5.41) is -0.0136. The van der Waals surface area contributed by atoms with Crippen LogP contribution < -0.4 is 5.48 Å². The number of nitrogens with one attached hydrogen (secondary N) is 1. The van der Waals surface area contributed by atoms with Crippen molar-refractivity contribution >= 4 is 43.2 Å². The maximum Gasteiger partial charge on any atom is 0.246 e. The van der Waals surface area contributed by atoms with Gasteiger partial charge in [-0.15, -0.1) is 11.8 Å². The van der Waals surface area contributed by atoms with Gasteiger partial charge in [0.25, 0.3) is 0 Å². The van der Waals surface area contributed by atoms with Gasteiger partial charge < -0.3 is 4.53 Å². The van der Waals surface area contributed by atoms with E-state index in [1.807, 2.05) is 13.2 Å². The lowest BCUT2D eigenvalue weighted by Crippen LogP contribution is -2.46. The van der Waals surface area contributed by atoms with Gasteiger partial charge >= 0.3 is 0 Å². The molecule has 0 spiro atoms. The number of hydrogen-bond donors (Lipinski definition) is 1. The SMILES string of the molecule is CSc1ccc(/C=C2\C(C)=C(CC(=O)NO[Si](C)(C)C(C)(C)C)c3cc(F)ccc32)cc1. The van der Waals surface area contributed by atoms with E-state index in [-0.39, 0.29) is 23.2 Å². The molecule has 0 saturated carbocycles. The molecule has 0 fully saturated rings. The number of hydrogen-bond acceptors (Lipinski definition) is 3. The van der Waals surface area contributed by atoms with Crippen molar-refractivity contribution in [2.45, 2.75) is 57.1 Å². The number of hydroxylamine groups is 1. The molecular weight excluding hydrogens is 437 g/mol. The van der Waals surface area contributed by atoms with Gasteiger partial charge in [0, 0.05) is 4.90 Å². The van der Waals surface area contributed by atoms with Crippen LogP contribution in [0.4, 0.5) is 4.39 Å². The van der Waals surface area contributed by atoms with Crippen LogP contribution in [0, 0.1) is 5.82 Å². The van der Waals surface area contributed by atoms with Crippen LogP contribution in [0.5, 0.6) is 0 Å². The van der Waals surface area contributed by atoms with E-state index in [9.17, 15) is 9.18 Å². The van der Waals surface area contributed by atoms with Gasteiger partial charge in [0.1, 0.15) is 5.82 Å². The molecule has 2 aromatic carbocycles. The largest absolute Gasteiger partial charge is 0.320 e. The van der Waals surface area contributed by atoms with Gasteiger partial charge in [0.2, 0.25) is 14.2 Å². The van der Waals surface area contributed by atoms with E-state index in [1.54, 1.807) is 17.8 Å². The molecule has 0 heterocycles. The Balaban J connectivity index is 1.90. The minimum Gasteiger partial charge on any atom is -0.320 e. The Bertz CT molecular complexity index is 1080. The van der Waals surface area contributed by atoms with Crippen LogP contribution in [0.15, 0.2) is 52.9 Å². The summed E-state index contributed by atoms with van der Waals surface area (Å²) in [6.07, 6.45) is 4.29. The molecule has 0 saturated heterocycles. The van der Waals surface area contributed by atoms with Crippen molar-refractivity contribution in [3.63, 3.8) is 0 Å². The summed E-state index contributed by atoms with van der Waals surface area (Å²) in [7, 11) is -2.11. The average Bonchev–Trinajstić information content (AvgIpc) is 2.97. The lowest BCUT2D eigenvalue weighted by molar-refractivity contribution is -0.127. The Morgan fingerprint density at radius 1 is 1.12 bits per heavy atom. The molecule has 1 amide bonds. The third kappa shape index (κ3) is 5.25. The van der Waals surface area contributed by atoms with Crippen LogP contribution in [0.25, 0.3) is 17.2 Å². The normalized spacial score (nSPS) is 15.3. The van der Waals surface area contributed by atoms with E-state index < -0.39 is 8.32 Å². The van der Waals surface area contributed by atoms with Crippen LogP contribution >= 0.6 is 11.8 Å². The molecule has 1 aliphatic carbocycles. The Kier molecular flexibility index (Phi) is 7.17. The van der Waals surface area contributed by atoms with Gasteiger partial charge in [-0.2, -0.15) is 0 Å². The summed E-state index contributed by atoms with van der Waals surface area (Å²) >= 11 is 1.70. The Hall–Kier alpha value is -2.15. The minimum atomic E-state index is -2.11. The summed E-state index contributed by atoms with van der Waals surface area (Å²) in [4.78, 5) is 14.0. The van der Waals surface area contributed by atoms with Crippen molar-refractivity contribution in [3.05, 3.63) is 70.5 Å². The Morgan fingerprint density at radius 3 is 2.38 bits per heavy atom. The number of rotatable bonds is 6. The van der Waals surface area contributed by atoms with Crippen molar-refractivity contribution in [2.24, 2.45) is 0 Å². The number of carbonyl (C=O) groups is 1. The topological polar surface area (TPSA) is 38.3 Å². The van der Waals surface area contributed by atoms with E-state index in [2.05, 4.69) is 69.7 Å². The third-order valence-corrected chi connectivity index (χ3v) is 11.4. The zero-order valence-corrected chi connectivity index (χ0v) is 21.7. The predicted octanol–water partition coefficient (Wildman–Crippen LogP) is 7.32. The maximum absolute atomic E-state index is 14.1. The van der Waals surface area contributed by atoms with Crippen molar-refractivity contribution in [3.8, 4) is 0 Å². The van der Waals surface area contributed by atoms with Crippen LogP contribution in [-0.2, 0) is 9.32 Å². The summed E-state index contributed by atoms with van der Waals surface area (Å²) < 4.78 is 20.0. The van der Waals surface area contributed by atoms with Gasteiger partial charge in [0.15, 0.2) is 0 Å². The highest BCUT2D eigenvalue weighted by Crippen LogP contribution is 2.44. The molecule has 0 bridgehead atoms. The monoisotopic (exact) mass is 469 g/mol. The van der Waals surface area contributed by atoms with Crippen LogP contribution in [0.2, 0.25) is 18.1 Å². The molecule has 1 N–H and O–H groups in total. The fraction of sp³-hybridized carbons (Fsp3) is 0.346. The van der Waals surface area contributed by atoms with Crippen molar-refractivity contribution in [1.29, 1.82) is 0 Å². The van der Waals surface area contributed by atoms with Gasteiger partial charge in [-0.3, -0.25) is 4.79 Å². The standard InChI is InChI=1S/C26H32FNO2SSi/c1-17-22(14-18-8-11-20(31-5)12-9-18)21-13-10-19(27)15-24(21)23(17)16-25(29)28-30-32(6,7)26(2,3)4/h8-15H,16H2,1-7H3,(H,28,29)/b22-14+. The zero-order chi connectivity index (χ0) is 23.7.